The van der Waals surface area contributed by atoms with Crippen molar-refractivity contribution in [2.75, 3.05) is 11.9 Å². The van der Waals surface area contributed by atoms with Crippen molar-refractivity contribution in [2.45, 2.75) is 64.6 Å². The minimum absolute atomic E-state index is 0.452. The zero-order valence-corrected chi connectivity index (χ0v) is 13.8. The molecule has 1 heterocycles. The van der Waals surface area contributed by atoms with E-state index in [0.717, 1.165) is 24.5 Å². The Labute approximate surface area is 125 Å². The molecule has 0 aliphatic heterocycles. The first-order chi connectivity index (χ1) is 9.20. The summed E-state index contributed by atoms with van der Waals surface area (Å²) in [4.78, 5) is 2.61. The van der Waals surface area contributed by atoms with Gasteiger partial charge in [-0.15, -0.1) is 0 Å². The van der Waals surface area contributed by atoms with Crippen molar-refractivity contribution in [3.05, 3.63) is 18.0 Å². The predicted molar refractivity (Wildman–Crippen MR) is 83.7 cm³/mol. The monoisotopic (exact) mass is 327 g/mol. The van der Waals surface area contributed by atoms with E-state index in [0.29, 0.717) is 6.04 Å². The quantitative estimate of drug-likeness (QED) is 0.736. The Kier molecular flexibility index (Phi) is 5.89. The highest BCUT2D eigenvalue weighted by molar-refractivity contribution is 9.09. The van der Waals surface area contributed by atoms with E-state index in [1.54, 1.807) is 0 Å². The van der Waals surface area contributed by atoms with Gasteiger partial charge in [0, 0.05) is 36.7 Å². The molecule has 1 aliphatic rings. The number of alkyl halides is 1. The fourth-order valence-electron chi connectivity index (χ4n) is 2.90. The molecule has 0 unspecified atom stereocenters. The summed E-state index contributed by atoms with van der Waals surface area (Å²) in [6, 6.07) is 3.38. The molecule has 3 nitrogen and oxygen atoms in total. The second-order valence-electron chi connectivity index (χ2n) is 5.83. The first-order valence-electron chi connectivity index (χ1n) is 7.54. The van der Waals surface area contributed by atoms with Crippen LogP contribution in [0.1, 0.15) is 57.7 Å². The minimum Gasteiger partial charge on any atom is -0.294 e. The number of rotatable bonds is 6. The number of aromatic nitrogens is 2. The second kappa shape index (κ2) is 7.44. The fourth-order valence-corrected chi connectivity index (χ4v) is 3.36. The minimum atomic E-state index is 0.452. The maximum absolute atomic E-state index is 4.69. The SMILES string of the molecule is CC(C)n1ccc(CN(CCBr)C2CCCCC2)n1. The molecule has 0 saturated heterocycles. The van der Waals surface area contributed by atoms with Crippen LogP contribution in [0.4, 0.5) is 0 Å². The Balaban J connectivity index is 1.98. The molecule has 1 aromatic rings. The summed E-state index contributed by atoms with van der Waals surface area (Å²) in [7, 11) is 0. The van der Waals surface area contributed by atoms with Gasteiger partial charge in [-0.1, -0.05) is 35.2 Å². The molecule has 0 spiro atoms. The standard InChI is InChI=1S/C15H26BrN3/c1-13(2)19-10-8-14(17-19)12-18(11-9-16)15-6-4-3-5-7-15/h8,10,13,15H,3-7,9,11-12H2,1-2H3. The summed E-state index contributed by atoms with van der Waals surface area (Å²) in [5.74, 6) is 0. The van der Waals surface area contributed by atoms with E-state index in [-0.39, 0.29) is 0 Å². The lowest BCUT2D eigenvalue weighted by Crippen LogP contribution is -2.37. The van der Waals surface area contributed by atoms with Crippen LogP contribution in [-0.2, 0) is 6.54 Å². The first kappa shape index (κ1) is 15.0. The number of halogens is 1. The molecule has 0 aromatic carbocycles. The van der Waals surface area contributed by atoms with E-state index < -0.39 is 0 Å². The van der Waals surface area contributed by atoms with Crippen molar-refractivity contribution in [3.63, 3.8) is 0 Å². The van der Waals surface area contributed by atoms with Gasteiger partial charge in [0.25, 0.3) is 0 Å². The van der Waals surface area contributed by atoms with Crippen LogP contribution in [0.25, 0.3) is 0 Å². The van der Waals surface area contributed by atoms with Crippen LogP contribution in [0.3, 0.4) is 0 Å². The average Bonchev–Trinajstić information content (AvgIpc) is 2.88. The Bertz CT molecular complexity index is 369. The number of hydrogen-bond donors (Lipinski definition) is 0. The molecule has 1 fully saturated rings. The largest absolute Gasteiger partial charge is 0.294 e. The topological polar surface area (TPSA) is 21.1 Å². The molecule has 1 saturated carbocycles. The van der Waals surface area contributed by atoms with Crippen LogP contribution in [0.2, 0.25) is 0 Å². The molecule has 0 amide bonds. The fraction of sp³-hybridized carbons (Fsp3) is 0.800. The van der Waals surface area contributed by atoms with Crippen LogP contribution < -0.4 is 0 Å². The maximum Gasteiger partial charge on any atom is 0.0765 e. The molecule has 0 bridgehead atoms. The van der Waals surface area contributed by atoms with Gasteiger partial charge in [-0.05, 0) is 32.8 Å². The van der Waals surface area contributed by atoms with Gasteiger partial charge < -0.3 is 0 Å². The Morgan fingerprint density at radius 2 is 2.11 bits per heavy atom. The van der Waals surface area contributed by atoms with Gasteiger partial charge in [-0.25, -0.2) is 0 Å². The Hall–Kier alpha value is -0.350. The molecule has 19 heavy (non-hydrogen) atoms. The van der Waals surface area contributed by atoms with Crippen LogP contribution in [0.5, 0.6) is 0 Å². The highest BCUT2D eigenvalue weighted by atomic mass is 79.9. The smallest absolute Gasteiger partial charge is 0.0765 e. The summed E-state index contributed by atoms with van der Waals surface area (Å²) >= 11 is 3.59. The summed E-state index contributed by atoms with van der Waals surface area (Å²) in [6.45, 7) is 6.47. The number of nitrogens with zero attached hydrogens (tertiary/aromatic N) is 3. The van der Waals surface area contributed by atoms with Crippen molar-refractivity contribution in [2.24, 2.45) is 0 Å². The number of hydrogen-bond acceptors (Lipinski definition) is 2. The first-order valence-corrected chi connectivity index (χ1v) is 8.67. The second-order valence-corrected chi connectivity index (χ2v) is 6.63. The highest BCUT2D eigenvalue weighted by Gasteiger charge is 2.21. The Morgan fingerprint density at radius 1 is 1.37 bits per heavy atom. The van der Waals surface area contributed by atoms with Crippen molar-refractivity contribution in [1.82, 2.24) is 14.7 Å². The zero-order chi connectivity index (χ0) is 13.7. The van der Waals surface area contributed by atoms with E-state index in [4.69, 9.17) is 0 Å². The molecular weight excluding hydrogens is 302 g/mol. The molecule has 1 aliphatic carbocycles. The predicted octanol–water partition coefficient (Wildman–Crippen LogP) is 3.99. The van der Waals surface area contributed by atoms with Crippen LogP contribution >= 0.6 is 15.9 Å². The van der Waals surface area contributed by atoms with Gasteiger partial charge in [-0.3, -0.25) is 9.58 Å². The van der Waals surface area contributed by atoms with Gasteiger partial charge in [0.2, 0.25) is 0 Å². The van der Waals surface area contributed by atoms with E-state index in [9.17, 15) is 0 Å². The molecule has 0 radical (unpaired) electrons. The van der Waals surface area contributed by atoms with Crippen molar-refractivity contribution >= 4 is 15.9 Å². The molecule has 0 N–H and O–H groups in total. The lowest BCUT2D eigenvalue weighted by atomic mass is 9.94. The molecular formula is C15H26BrN3. The van der Waals surface area contributed by atoms with Gasteiger partial charge in [-0.2, -0.15) is 5.10 Å². The van der Waals surface area contributed by atoms with Crippen molar-refractivity contribution in [1.29, 1.82) is 0 Å². The lowest BCUT2D eigenvalue weighted by Gasteiger charge is -2.33. The van der Waals surface area contributed by atoms with E-state index in [2.05, 4.69) is 56.7 Å². The van der Waals surface area contributed by atoms with Crippen LogP contribution in [0.15, 0.2) is 12.3 Å². The molecule has 108 valence electrons. The lowest BCUT2D eigenvalue weighted by molar-refractivity contribution is 0.155. The Morgan fingerprint density at radius 3 is 2.68 bits per heavy atom. The summed E-state index contributed by atoms with van der Waals surface area (Å²) in [5.41, 5.74) is 1.21. The average molecular weight is 328 g/mol. The third-order valence-electron chi connectivity index (χ3n) is 4.02. The summed E-state index contributed by atoms with van der Waals surface area (Å²) in [6.07, 6.45) is 9.03. The van der Waals surface area contributed by atoms with Gasteiger partial charge >= 0.3 is 0 Å². The maximum atomic E-state index is 4.69. The van der Waals surface area contributed by atoms with E-state index >= 15 is 0 Å². The summed E-state index contributed by atoms with van der Waals surface area (Å²) in [5, 5.41) is 5.74. The third-order valence-corrected chi connectivity index (χ3v) is 4.38. The van der Waals surface area contributed by atoms with E-state index in [1.165, 1.54) is 37.8 Å². The summed E-state index contributed by atoms with van der Waals surface area (Å²) < 4.78 is 2.06. The van der Waals surface area contributed by atoms with Crippen LogP contribution in [0, 0.1) is 0 Å². The zero-order valence-electron chi connectivity index (χ0n) is 12.2. The van der Waals surface area contributed by atoms with Crippen LogP contribution in [-0.4, -0.2) is 32.6 Å². The van der Waals surface area contributed by atoms with Crippen molar-refractivity contribution < 1.29 is 0 Å². The molecule has 4 heteroatoms. The van der Waals surface area contributed by atoms with Gasteiger partial charge in [0.05, 0.1) is 5.69 Å². The van der Waals surface area contributed by atoms with Gasteiger partial charge in [0.15, 0.2) is 0 Å². The molecule has 0 atom stereocenters. The van der Waals surface area contributed by atoms with Crippen molar-refractivity contribution in [3.8, 4) is 0 Å². The third kappa shape index (κ3) is 4.32. The normalized spacial score (nSPS) is 17.5. The highest BCUT2D eigenvalue weighted by Crippen LogP contribution is 2.24. The molecule has 2 rings (SSSR count). The van der Waals surface area contributed by atoms with E-state index in [1.807, 2.05) is 0 Å². The van der Waals surface area contributed by atoms with Gasteiger partial charge in [0.1, 0.15) is 0 Å². The molecule has 1 aromatic heterocycles.